The average molecular weight is 1300 g/mol. The molecule has 20 nitrogen and oxygen atoms in total. The molecule has 3 aromatic heterocycles. The molecule has 0 saturated carbocycles. The van der Waals surface area contributed by atoms with E-state index in [-0.39, 0.29) is 29.9 Å². The summed E-state index contributed by atoms with van der Waals surface area (Å²) in [7, 11) is 2.12. The Kier molecular flexibility index (Phi) is 24.5. The van der Waals surface area contributed by atoms with E-state index >= 15 is 0 Å². The van der Waals surface area contributed by atoms with E-state index in [0.717, 1.165) is 140 Å². The van der Waals surface area contributed by atoms with Gasteiger partial charge in [0, 0.05) is 136 Å². The van der Waals surface area contributed by atoms with Gasteiger partial charge in [0.15, 0.2) is 4.96 Å². The van der Waals surface area contributed by atoms with Crippen molar-refractivity contribution in [1.82, 2.24) is 54.5 Å². The van der Waals surface area contributed by atoms with Crippen molar-refractivity contribution >= 4 is 79.9 Å². The monoisotopic (exact) mass is 1290 g/mol. The van der Waals surface area contributed by atoms with E-state index in [2.05, 4.69) is 110 Å². The number of fused-ring (bicyclic) bond motifs is 3. The lowest BCUT2D eigenvalue weighted by atomic mass is 9.96. The number of amides is 2. The molecule has 2 amide bonds. The number of anilines is 2. The van der Waals surface area contributed by atoms with Gasteiger partial charge in [-0.25, -0.2) is 15.0 Å². The topological polar surface area (TPSA) is 191 Å². The van der Waals surface area contributed by atoms with Gasteiger partial charge in [0.2, 0.25) is 11.8 Å². The van der Waals surface area contributed by atoms with Gasteiger partial charge in [-0.1, -0.05) is 102 Å². The van der Waals surface area contributed by atoms with E-state index in [1.165, 1.54) is 16.8 Å². The van der Waals surface area contributed by atoms with Gasteiger partial charge in [0.25, 0.3) is 0 Å². The van der Waals surface area contributed by atoms with Crippen molar-refractivity contribution in [1.29, 1.82) is 0 Å². The number of hydrogen-bond acceptors (Lipinski definition) is 18. The van der Waals surface area contributed by atoms with Gasteiger partial charge in [-0.05, 0) is 73.6 Å². The SMILES string of the molecule is CN(CCCNc1nc(CN2CCN(C(c3ccc(Cl)cc3)c3ccc(Cl)cc3)CC2)nc2ccccc12)CCOCCOCCOCCOCCNC(=O)CCN1CCN(Cc2csc3nc(-c4ccccc4NC(=O)C4C=NC5C=CC=CC5N4)cn23)CC1. The van der Waals surface area contributed by atoms with Crippen LogP contribution in [0.25, 0.3) is 27.1 Å². The molecule has 4 N–H and O–H groups in total. The van der Waals surface area contributed by atoms with Gasteiger partial charge in [-0.15, -0.1) is 11.3 Å². The molecule has 3 aliphatic heterocycles. The van der Waals surface area contributed by atoms with Crippen LogP contribution >= 0.6 is 34.5 Å². The van der Waals surface area contributed by atoms with Crippen molar-refractivity contribution in [3.8, 4) is 11.3 Å². The van der Waals surface area contributed by atoms with Gasteiger partial charge in [-0.3, -0.25) is 39.0 Å². The second-order valence-electron chi connectivity index (χ2n) is 23.3. The number of rotatable bonds is 33. The number of likely N-dealkylation sites (N-methyl/N-ethyl adjacent to an activating group) is 1. The van der Waals surface area contributed by atoms with Crippen LogP contribution in [0.2, 0.25) is 10.0 Å². The second-order valence-corrected chi connectivity index (χ2v) is 25.1. The average Bonchev–Trinajstić information content (AvgIpc) is 1.99. The fraction of sp³-hybridized carbons (Fsp3) is 0.441. The number of imidazole rings is 1. The van der Waals surface area contributed by atoms with Crippen LogP contribution in [0.4, 0.5) is 11.5 Å². The minimum absolute atomic E-state index is 0.00642. The molecule has 1 aliphatic carbocycles. The Morgan fingerprint density at radius 2 is 1.35 bits per heavy atom. The Bertz CT molecular complexity index is 3490. The van der Waals surface area contributed by atoms with Gasteiger partial charge < -0.3 is 44.7 Å². The van der Waals surface area contributed by atoms with Crippen LogP contribution in [-0.2, 0) is 41.6 Å². The lowest BCUT2D eigenvalue weighted by Crippen LogP contribution is -2.53. The first-order valence-corrected chi connectivity index (χ1v) is 33.5. The number of piperazine rings is 2. The number of halogens is 2. The van der Waals surface area contributed by atoms with Gasteiger partial charge >= 0.3 is 0 Å². The van der Waals surface area contributed by atoms with Crippen molar-refractivity contribution in [2.45, 2.75) is 50.1 Å². The van der Waals surface area contributed by atoms with Crippen LogP contribution in [-0.4, -0.2) is 225 Å². The van der Waals surface area contributed by atoms with Crippen LogP contribution < -0.4 is 21.3 Å². The number of nitrogens with one attached hydrogen (secondary N) is 4. The maximum absolute atomic E-state index is 13.4. The number of nitrogens with zero attached hydrogens (tertiary/aromatic N) is 10. The number of aliphatic imine (C=N–C) groups is 1. The van der Waals surface area contributed by atoms with Gasteiger partial charge in [0.1, 0.15) is 17.7 Å². The summed E-state index contributed by atoms with van der Waals surface area (Å²) in [6.45, 7) is 16.4. The molecule has 2 saturated heterocycles. The van der Waals surface area contributed by atoms with E-state index in [9.17, 15) is 9.59 Å². The number of carbonyl (C=O) groups is 2. The summed E-state index contributed by atoms with van der Waals surface area (Å²) < 4.78 is 25.1. The minimum atomic E-state index is -0.536. The summed E-state index contributed by atoms with van der Waals surface area (Å²) in [6.07, 6.45) is 13.2. The second kappa shape index (κ2) is 33.9. The number of allylic oxidation sites excluding steroid dienone is 2. The molecule has 4 aromatic carbocycles. The Labute approximate surface area is 547 Å². The van der Waals surface area contributed by atoms with Crippen molar-refractivity contribution in [2.24, 2.45) is 4.99 Å². The van der Waals surface area contributed by atoms with Gasteiger partial charge in [0.05, 0.1) is 94.4 Å². The highest BCUT2D eigenvalue weighted by Gasteiger charge is 2.30. The molecule has 6 heterocycles. The van der Waals surface area contributed by atoms with E-state index < -0.39 is 6.04 Å². The van der Waals surface area contributed by atoms with Crippen LogP contribution in [0.15, 0.2) is 138 Å². The zero-order valence-electron chi connectivity index (χ0n) is 51.9. The van der Waals surface area contributed by atoms with E-state index in [1.54, 1.807) is 17.6 Å². The zero-order valence-corrected chi connectivity index (χ0v) is 54.2. The van der Waals surface area contributed by atoms with Crippen LogP contribution in [0, 0.1) is 0 Å². The molecule has 4 aliphatic rings. The Morgan fingerprint density at radius 3 is 2.10 bits per heavy atom. The Hall–Kier alpha value is -6.54. The van der Waals surface area contributed by atoms with E-state index in [1.807, 2.05) is 85.0 Å². The number of thiazole rings is 1. The highest BCUT2D eigenvalue weighted by Crippen LogP contribution is 2.33. The molecular formula is C68H84Cl2N14O6S. The molecular weight excluding hydrogens is 1210 g/mol. The van der Waals surface area contributed by atoms with Crippen LogP contribution in [0.1, 0.15) is 41.5 Å². The number of aromatic nitrogens is 4. The molecule has 2 fully saturated rings. The lowest BCUT2D eigenvalue weighted by Gasteiger charge is -2.39. The molecule has 3 atom stereocenters. The fourth-order valence-corrected chi connectivity index (χ4v) is 13.0. The smallest absolute Gasteiger partial charge is 0.247 e. The quantitative estimate of drug-likeness (QED) is 0.0288. The summed E-state index contributed by atoms with van der Waals surface area (Å²) in [5, 5.41) is 17.8. The summed E-state index contributed by atoms with van der Waals surface area (Å²) >= 11 is 14.2. The molecule has 23 heteroatoms. The van der Waals surface area contributed by atoms with E-state index in [0.29, 0.717) is 78.1 Å². The molecule has 3 unspecified atom stereocenters. The maximum atomic E-state index is 13.4. The van der Waals surface area contributed by atoms with Crippen LogP contribution in [0.5, 0.6) is 0 Å². The molecule has 482 valence electrons. The normalized spacial score (nSPS) is 18.2. The number of benzene rings is 4. The third-order valence-corrected chi connectivity index (χ3v) is 18.3. The minimum Gasteiger partial charge on any atom is -0.378 e. The van der Waals surface area contributed by atoms with Crippen molar-refractivity contribution in [3.63, 3.8) is 0 Å². The summed E-state index contributed by atoms with van der Waals surface area (Å²) in [4.78, 5) is 58.6. The summed E-state index contributed by atoms with van der Waals surface area (Å²) in [5.74, 6) is 1.57. The largest absolute Gasteiger partial charge is 0.378 e. The first kappa shape index (κ1) is 65.9. The molecule has 91 heavy (non-hydrogen) atoms. The summed E-state index contributed by atoms with van der Waals surface area (Å²) in [5.41, 5.74) is 6.92. The van der Waals surface area contributed by atoms with Gasteiger partial charge in [-0.2, -0.15) is 0 Å². The highest BCUT2D eigenvalue weighted by molar-refractivity contribution is 7.15. The van der Waals surface area contributed by atoms with E-state index in [4.69, 9.17) is 57.1 Å². The molecule has 11 rings (SSSR count). The lowest BCUT2D eigenvalue weighted by molar-refractivity contribution is -0.121. The first-order valence-electron chi connectivity index (χ1n) is 31.8. The number of hydrogen-bond donors (Lipinski definition) is 4. The third-order valence-electron chi connectivity index (χ3n) is 16.9. The van der Waals surface area contributed by atoms with Crippen LogP contribution in [0.3, 0.4) is 0 Å². The summed E-state index contributed by atoms with van der Waals surface area (Å²) in [6, 6.07) is 32.0. The Morgan fingerprint density at radius 1 is 0.703 bits per heavy atom. The number of ether oxygens (including phenoxy) is 4. The Balaban J connectivity index is 0.483. The first-order chi connectivity index (χ1) is 44.6. The molecule has 0 radical (unpaired) electrons. The third kappa shape index (κ3) is 19.1. The standard InChI is InChI=1S/C68H84Cl2N14O6S/c1-79(26-8-24-72-66-56-10-3-5-12-58(56)75-63(78-66)48-82-32-34-83(35-33-82)65(50-15-19-52(69)20-16-50)51-17-21-53(70)22-18-51)36-38-88-40-42-90-44-43-89-41-39-87-37-25-71-64(85)23-27-80-28-30-81(31-29-80)46-54-49-91-68-77-62(47-84(54)68)55-9-2-4-11-57(55)76-67(86)61-45-73-59-13-6-7-14-60(59)74-61/h2-7,9-22,45,47,49,59-61,65,74H,8,23-44,46,48H2,1H3,(H,71,85)(H,76,86)(H,72,75,78). The highest BCUT2D eigenvalue weighted by atomic mass is 35.5. The zero-order chi connectivity index (χ0) is 62.6. The molecule has 0 spiro atoms. The number of carbonyl (C=O) groups excluding carboxylic acids is 2. The molecule has 0 bridgehead atoms. The molecule has 7 aromatic rings. The van der Waals surface area contributed by atoms with Crippen molar-refractivity contribution in [3.05, 3.63) is 166 Å². The fourth-order valence-electron chi connectivity index (χ4n) is 11.8. The predicted octanol–water partition coefficient (Wildman–Crippen LogP) is 8.19. The van der Waals surface area contributed by atoms with Crippen molar-refractivity contribution < 1.29 is 28.5 Å². The maximum Gasteiger partial charge on any atom is 0.247 e. The predicted molar refractivity (Wildman–Crippen MR) is 363 cm³/mol. The van der Waals surface area contributed by atoms with Crippen molar-refractivity contribution in [2.75, 3.05) is 156 Å². The number of para-hydroxylation sites is 2.